The topological polar surface area (TPSA) is 120 Å². The minimum Gasteiger partial charge on any atom is -0.495 e. The van der Waals surface area contributed by atoms with E-state index in [1.54, 1.807) is 6.07 Å². The average Bonchev–Trinajstić information content (AvgIpc) is 2.84. The van der Waals surface area contributed by atoms with E-state index in [2.05, 4.69) is 5.32 Å². The number of ether oxygens (including phenoxy) is 4. The zero-order valence-corrected chi connectivity index (χ0v) is 19.9. The highest BCUT2D eigenvalue weighted by Crippen LogP contribution is 2.30. The molecule has 0 saturated carbocycles. The molecule has 0 atom stereocenters. The molecule has 34 heavy (non-hydrogen) atoms. The lowest BCUT2D eigenvalue weighted by Gasteiger charge is -2.26. The van der Waals surface area contributed by atoms with E-state index in [-0.39, 0.29) is 42.4 Å². The van der Waals surface area contributed by atoms with Gasteiger partial charge in [-0.15, -0.1) is 0 Å². The number of rotatable bonds is 10. The minimum atomic E-state index is -3.85. The molecule has 11 heteroatoms. The van der Waals surface area contributed by atoms with Gasteiger partial charge in [-0.2, -0.15) is 4.31 Å². The molecule has 1 aliphatic heterocycles. The van der Waals surface area contributed by atoms with E-state index in [0.29, 0.717) is 19.0 Å². The Hall–Kier alpha value is -3.15. The number of esters is 1. The van der Waals surface area contributed by atoms with Gasteiger partial charge in [0.2, 0.25) is 10.0 Å². The molecule has 1 saturated heterocycles. The molecule has 1 fully saturated rings. The van der Waals surface area contributed by atoms with Crippen molar-refractivity contribution in [2.75, 3.05) is 51.9 Å². The van der Waals surface area contributed by atoms with Gasteiger partial charge in [0.15, 0.2) is 6.61 Å². The second kappa shape index (κ2) is 11.8. The third-order valence-corrected chi connectivity index (χ3v) is 6.98. The van der Waals surface area contributed by atoms with Crippen LogP contribution in [0.25, 0.3) is 0 Å². The Kier molecular flexibility index (Phi) is 8.85. The summed E-state index contributed by atoms with van der Waals surface area (Å²) in [5, 5.41) is 2.54. The summed E-state index contributed by atoms with van der Waals surface area (Å²) in [6.45, 7) is 2.57. The minimum absolute atomic E-state index is 0.0217. The molecule has 184 valence electrons. The fraction of sp³-hybridized carbons (Fsp3) is 0.391. The molecule has 0 unspecified atom stereocenters. The molecule has 0 aliphatic carbocycles. The number of sulfonamides is 1. The van der Waals surface area contributed by atoms with Crippen LogP contribution in [0.2, 0.25) is 0 Å². The largest absolute Gasteiger partial charge is 0.495 e. The second-order valence-electron chi connectivity index (χ2n) is 7.45. The van der Waals surface area contributed by atoms with Crippen LogP contribution in [0.4, 0.5) is 5.69 Å². The van der Waals surface area contributed by atoms with Gasteiger partial charge in [-0.25, -0.2) is 8.42 Å². The highest BCUT2D eigenvalue weighted by atomic mass is 32.2. The van der Waals surface area contributed by atoms with E-state index >= 15 is 0 Å². The lowest BCUT2D eigenvalue weighted by molar-refractivity contribution is -0.147. The molecule has 3 rings (SSSR count). The number of amides is 1. The van der Waals surface area contributed by atoms with Crippen LogP contribution in [0.15, 0.2) is 47.4 Å². The first-order chi connectivity index (χ1) is 16.3. The molecule has 2 aromatic carbocycles. The molecule has 2 aromatic rings. The molecule has 1 amide bonds. The smallest absolute Gasteiger partial charge is 0.309 e. The predicted octanol–water partition coefficient (Wildman–Crippen LogP) is 1.98. The summed E-state index contributed by atoms with van der Waals surface area (Å²) < 4.78 is 48.3. The Morgan fingerprint density at radius 1 is 1.09 bits per heavy atom. The van der Waals surface area contributed by atoms with Gasteiger partial charge < -0.3 is 24.3 Å². The summed E-state index contributed by atoms with van der Waals surface area (Å²) >= 11 is 0. The summed E-state index contributed by atoms with van der Waals surface area (Å²) in [5.74, 6) is -0.359. The summed E-state index contributed by atoms with van der Waals surface area (Å²) in [6.07, 6.45) is -0.0217. The molecule has 1 N–H and O–H groups in total. The first-order valence-electron chi connectivity index (χ1n) is 10.7. The van der Waals surface area contributed by atoms with Crippen molar-refractivity contribution in [1.29, 1.82) is 0 Å². The molecular formula is C23H28N2O8S. The standard InChI is InChI=1S/C23H28N2O8S/c1-17-5-3-4-6-19(17)32-12-9-23(27)33-16-22(26)24-18-7-8-20(30-2)21(15-18)34(28,29)25-10-13-31-14-11-25/h3-8,15H,9-14,16H2,1-2H3,(H,24,26). The molecular weight excluding hydrogens is 464 g/mol. The molecule has 0 spiro atoms. The zero-order valence-electron chi connectivity index (χ0n) is 19.1. The maximum atomic E-state index is 13.0. The van der Waals surface area contributed by atoms with Crippen molar-refractivity contribution in [3.8, 4) is 11.5 Å². The van der Waals surface area contributed by atoms with Crippen molar-refractivity contribution >= 4 is 27.6 Å². The van der Waals surface area contributed by atoms with Crippen LogP contribution in [-0.4, -0.2) is 71.2 Å². The van der Waals surface area contributed by atoms with E-state index in [1.807, 2.05) is 25.1 Å². The Labute approximate surface area is 198 Å². The van der Waals surface area contributed by atoms with Crippen LogP contribution in [0.3, 0.4) is 0 Å². The SMILES string of the molecule is COc1ccc(NC(=O)COC(=O)CCOc2ccccc2C)cc1S(=O)(=O)N1CCOCC1. The van der Waals surface area contributed by atoms with Crippen LogP contribution < -0.4 is 14.8 Å². The molecule has 1 heterocycles. The number of carbonyl (C=O) groups is 2. The Balaban J connectivity index is 1.53. The van der Waals surface area contributed by atoms with Crippen molar-refractivity contribution in [2.24, 2.45) is 0 Å². The third-order valence-electron chi connectivity index (χ3n) is 5.06. The Bertz CT molecular complexity index is 1110. The van der Waals surface area contributed by atoms with Crippen LogP contribution >= 0.6 is 0 Å². The number of carbonyl (C=O) groups excluding carboxylic acids is 2. The van der Waals surface area contributed by atoms with Crippen molar-refractivity contribution < 1.29 is 37.0 Å². The average molecular weight is 493 g/mol. The van der Waals surface area contributed by atoms with Crippen LogP contribution in [0.5, 0.6) is 11.5 Å². The number of methoxy groups -OCH3 is 1. The molecule has 10 nitrogen and oxygen atoms in total. The van der Waals surface area contributed by atoms with E-state index < -0.39 is 28.5 Å². The highest BCUT2D eigenvalue weighted by molar-refractivity contribution is 7.89. The van der Waals surface area contributed by atoms with Crippen molar-refractivity contribution in [3.05, 3.63) is 48.0 Å². The Morgan fingerprint density at radius 3 is 2.53 bits per heavy atom. The number of nitrogens with one attached hydrogen (secondary N) is 1. The van der Waals surface area contributed by atoms with Gasteiger partial charge in [0.05, 0.1) is 33.4 Å². The van der Waals surface area contributed by atoms with Gasteiger partial charge in [-0.05, 0) is 36.8 Å². The van der Waals surface area contributed by atoms with Crippen molar-refractivity contribution in [1.82, 2.24) is 4.31 Å². The predicted molar refractivity (Wildman–Crippen MR) is 123 cm³/mol. The fourth-order valence-corrected chi connectivity index (χ4v) is 4.85. The normalized spacial score (nSPS) is 14.3. The van der Waals surface area contributed by atoms with Gasteiger partial charge in [0, 0.05) is 18.8 Å². The van der Waals surface area contributed by atoms with Crippen LogP contribution in [0.1, 0.15) is 12.0 Å². The number of hydrogen-bond acceptors (Lipinski definition) is 8. The number of morpholine rings is 1. The quantitative estimate of drug-likeness (QED) is 0.500. The lowest BCUT2D eigenvalue weighted by atomic mass is 10.2. The molecule has 0 aromatic heterocycles. The van der Waals surface area contributed by atoms with E-state index in [9.17, 15) is 18.0 Å². The van der Waals surface area contributed by atoms with E-state index in [1.165, 1.54) is 29.6 Å². The van der Waals surface area contributed by atoms with E-state index in [4.69, 9.17) is 18.9 Å². The molecule has 0 bridgehead atoms. The monoisotopic (exact) mass is 492 g/mol. The number of nitrogens with zero attached hydrogens (tertiary/aromatic N) is 1. The fourth-order valence-electron chi connectivity index (χ4n) is 3.26. The third kappa shape index (κ3) is 6.69. The lowest BCUT2D eigenvalue weighted by Crippen LogP contribution is -2.40. The summed E-state index contributed by atoms with van der Waals surface area (Å²) in [4.78, 5) is 24.1. The van der Waals surface area contributed by atoms with Crippen molar-refractivity contribution in [3.63, 3.8) is 0 Å². The number of hydrogen-bond donors (Lipinski definition) is 1. The summed E-state index contributed by atoms with van der Waals surface area (Å²) in [6, 6.07) is 11.7. The maximum absolute atomic E-state index is 13.0. The van der Waals surface area contributed by atoms with Gasteiger partial charge in [-0.3, -0.25) is 9.59 Å². The highest BCUT2D eigenvalue weighted by Gasteiger charge is 2.29. The van der Waals surface area contributed by atoms with Gasteiger partial charge in [-0.1, -0.05) is 18.2 Å². The molecule has 0 radical (unpaired) electrons. The second-order valence-corrected chi connectivity index (χ2v) is 9.36. The van der Waals surface area contributed by atoms with Gasteiger partial charge in [0.1, 0.15) is 16.4 Å². The van der Waals surface area contributed by atoms with Crippen molar-refractivity contribution in [2.45, 2.75) is 18.2 Å². The summed E-state index contributed by atoms with van der Waals surface area (Å²) in [5.41, 5.74) is 1.18. The van der Waals surface area contributed by atoms with Gasteiger partial charge in [0.25, 0.3) is 5.91 Å². The Morgan fingerprint density at radius 2 is 1.82 bits per heavy atom. The van der Waals surface area contributed by atoms with Crippen LogP contribution in [0, 0.1) is 6.92 Å². The summed E-state index contributed by atoms with van der Waals surface area (Å²) in [7, 11) is -2.48. The van der Waals surface area contributed by atoms with Gasteiger partial charge >= 0.3 is 5.97 Å². The van der Waals surface area contributed by atoms with E-state index in [0.717, 1.165) is 5.56 Å². The number of anilines is 1. The van der Waals surface area contributed by atoms with Crippen LogP contribution in [-0.2, 0) is 29.1 Å². The first kappa shape index (κ1) is 25.5. The molecule has 1 aliphatic rings. The number of para-hydroxylation sites is 1. The number of aryl methyl sites for hydroxylation is 1. The number of benzene rings is 2. The zero-order chi connectivity index (χ0) is 24.6. The first-order valence-corrected chi connectivity index (χ1v) is 12.1. The maximum Gasteiger partial charge on any atom is 0.309 e.